The third-order valence-electron chi connectivity index (χ3n) is 4.22. The van der Waals surface area contributed by atoms with Gasteiger partial charge in [0.05, 0.1) is 18.5 Å². The number of sulfone groups is 1. The van der Waals surface area contributed by atoms with Gasteiger partial charge >= 0.3 is 0 Å². The molecule has 0 unspecified atom stereocenters. The molecule has 7 nitrogen and oxygen atoms in total. The summed E-state index contributed by atoms with van der Waals surface area (Å²) >= 11 is 0. The van der Waals surface area contributed by atoms with Crippen molar-refractivity contribution < 1.29 is 17.9 Å². The molecule has 0 fully saturated rings. The van der Waals surface area contributed by atoms with Crippen LogP contribution in [0.15, 0.2) is 59.6 Å². The number of hydrogen-bond acceptors (Lipinski definition) is 5. The summed E-state index contributed by atoms with van der Waals surface area (Å²) in [5.41, 5.74) is 0.834. The molecule has 0 radical (unpaired) electrons. The van der Waals surface area contributed by atoms with Crippen LogP contribution in [0.4, 0.5) is 5.69 Å². The molecule has 0 amide bonds. The summed E-state index contributed by atoms with van der Waals surface area (Å²) in [6.07, 6.45) is 0.840. The zero-order valence-electron chi connectivity index (χ0n) is 18.5. The van der Waals surface area contributed by atoms with E-state index in [-0.39, 0.29) is 24.2 Å². The van der Waals surface area contributed by atoms with E-state index >= 15 is 0 Å². The molecule has 31 heavy (non-hydrogen) atoms. The highest BCUT2D eigenvalue weighted by atomic mass is 32.2. The molecule has 0 atom stereocenters. The van der Waals surface area contributed by atoms with E-state index in [1.54, 1.807) is 6.92 Å². The number of ether oxygens (including phenoxy) is 2. The Labute approximate surface area is 185 Å². The largest absolute Gasteiger partial charge is 0.494 e. The van der Waals surface area contributed by atoms with E-state index in [0.29, 0.717) is 19.1 Å². The van der Waals surface area contributed by atoms with Crippen LogP contribution in [0, 0.1) is 0 Å². The van der Waals surface area contributed by atoms with Gasteiger partial charge in [0.1, 0.15) is 11.5 Å². The van der Waals surface area contributed by atoms with Crippen LogP contribution >= 0.6 is 0 Å². The second-order valence-electron chi connectivity index (χ2n) is 7.22. The van der Waals surface area contributed by atoms with Gasteiger partial charge in [0.15, 0.2) is 15.8 Å². The summed E-state index contributed by atoms with van der Waals surface area (Å²) in [5, 5.41) is 6.32. The molecule has 0 aromatic heterocycles. The number of para-hydroxylation sites is 1. The van der Waals surface area contributed by atoms with Crippen LogP contribution in [-0.2, 0) is 9.84 Å². The van der Waals surface area contributed by atoms with Crippen LogP contribution in [0.5, 0.6) is 11.5 Å². The molecular weight excluding hydrogens is 414 g/mol. The molecule has 0 bridgehead atoms. The van der Waals surface area contributed by atoms with Gasteiger partial charge in [-0.2, -0.15) is 0 Å². The van der Waals surface area contributed by atoms with Crippen molar-refractivity contribution in [3.63, 3.8) is 0 Å². The minimum Gasteiger partial charge on any atom is -0.494 e. The summed E-state index contributed by atoms with van der Waals surface area (Å²) in [5.74, 6) is 2.34. The van der Waals surface area contributed by atoms with Crippen molar-refractivity contribution >= 4 is 21.5 Å². The van der Waals surface area contributed by atoms with Gasteiger partial charge in [-0.3, -0.25) is 4.99 Å². The van der Waals surface area contributed by atoms with E-state index in [4.69, 9.17) is 9.47 Å². The lowest BCUT2D eigenvalue weighted by atomic mass is 10.3. The Balaban J connectivity index is 1.92. The molecule has 0 aliphatic carbocycles. The predicted octanol–water partition coefficient (Wildman–Crippen LogP) is 3.74. The quantitative estimate of drug-likeness (QED) is 0.293. The first-order chi connectivity index (χ1) is 14.9. The summed E-state index contributed by atoms with van der Waals surface area (Å²) in [6, 6.07) is 17.2. The molecular formula is C23H33N3O4S. The van der Waals surface area contributed by atoms with E-state index in [0.717, 1.165) is 23.6 Å². The Morgan fingerprint density at radius 1 is 1.03 bits per heavy atom. The molecule has 0 aliphatic rings. The zero-order chi connectivity index (χ0) is 22.5. The number of nitrogens with one attached hydrogen (secondary N) is 2. The lowest BCUT2D eigenvalue weighted by Gasteiger charge is -2.14. The van der Waals surface area contributed by atoms with E-state index < -0.39 is 9.84 Å². The fourth-order valence-corrected chi connectivity index (χ4v) is 3.30. The third-order valence-corrected chi connectivity index (χ3v) is 5.92. The first kappa shape index (κ1) is 24.5. The monoisotopic (exact) mass is 447 g/mol. The number of guanidine groups is 1. The fraction of sp³-hybridized carbons (Fsp3) is 0.435. The lowest BCUT2D eigenvalue weighted by molar-refractivity contribution is 0.242. The van der Waals surface area contributed by atoms with Crippen molar-refractivity contribution in [2.45, 2.75) is 33.3 Å². The van der Waals surface area contributed by atoms with Crippen LogP contribution in [0.2, 0.25) is 0 Å². The van der Waals surface area contributed by atoms with E-state index in [2.05, 4.69) is 15.6 Å². The molecule has 2 aromatic rings. The highest BCUT2D eigenvalue weighted by Gasteiger charge is 2.08. The van der Waals surface area contributed by atoms with Crippen LogP contribution < -0.4 is 20.1 Å². The van der Waals surface area contributed by atoms with Crippen molar-refractivity contribution in [3.8, 4) is 11.5 Å². The number of anilines is 1. The summed E-state index contributed by atoms with van der Waals surface area (Å²) in [7, 11) is -3.05. The SMILES string of the molecule is CCS(=O)(=O)CCNC(=NCCCOc1ccccc1)Nc1ccc(OC(C)C)cc1. The highest BCUT2D eigenvalue weighted by Crippen LogP contribution is 2.17. The normalized spacial score (nSPS) is 11.9. The molecule has 0 saturated heterocycles. The Morgan fingerprint density at radius 3 is 2.39 bits per heavy atom. The minimum absolute atomic E-state index is 0.0580. The maximum Gasteiger partial charge on any atom is 0.195 e. The van der Waals surface area contributed by atoms with Crippen molar-refractivity contribution in [2.75, 3.05) is 36.5 Å². The highest BCUT2D eigenvalue weighted by molar-refractivity contribution is 7.91. The Morgan fingerprint density at radius 2 is 1.74 bits per heavy atom. The molecule has 2 aromatic carbocycles. The summed E-state index contributed by atoms with van der Waals surface area (Å²) < 4.78 is 34.9. The summed E-state index contributed by atoms with van der Waals surface area (Å²) in [4.78, 5) is 4.55. The average molecular weight is 448 g/mol. The topological polar surface area (TPSA) is 89.0 Å². The van der Waals surface area contributed by atoms with Gasteiger partial charge in [0, 0.05) is 31.0 Å². The first-order valence-corrected chi connectivity index (χ1v) is 12.4. The second-order valence-corrected chi connectivity index (χ2v) is 9.70. The second kappa shape index (κ2) is 12.8. The third kappa shape index (κ3) is 10.2. The molecule has 0 aliphatic heterocycles. The average Bonchev–Trinajstić information content (AvgIpc) is 2.75. The van der Waals surface area contributed by atoms with Crippen LogP contribution in [-0.4, -0.2) is 51.7 Å². The standard InChI is InChI=1S/C23H33N3O4S/c1-4-31(27,28)18-16-25-23(24-15-8-17-29-21-9-6-5-7-10-21)26-20-11-13-22(14-12-20)30-19(2)3/h5-7,9-14,19H,4,8,15-18H2,1-3H3,(H2,24,25,26). The maximum absolute atomic E-state index is 11.8. The Hall–Kier alpha value is -2.74. The van der Waals surface area contributed by atoms with E-state index in [9.17, 15) is 8.42 Å². The lowest BCUT2D eigenvalue weighted by Crippen LogP contribution is -2.35. The van der Waals surface area contributed by atoms with Crippen LogP contribution in [0.3, 0.4) is 0 Å². The van der Waals surface area contributed by atoms with Crippen molar-refractivity contribution in [1.29, 1.82) is 0 Å². The Kier molecular flexibility index (Phi) is 10.2. The van der Waals surface area contributed by atoms with Crippen molar-refractivity contribution in [2.24, 2.45) is 4.99 Å². The number of hydrogen-bond donors (Lipinski definition) is 2. The Bertz CT molecular complexity index is 898. The van der Waals surface area contributed by atoms with Gasteiger partial charge in [-0.05, 0) is 50.2 Å². The van der Waals surface area contributed by atoms with Gasteiger partial charge in [-0.15, -0.1) is 0 Å². The van der Waals surface area contributed by atoms with E-state index in [1.807, 2.05) is 68.4 Å². The van der Waals surface area contributed by atoms with E-state index in [1.165, 1.54) is 0 Å². The van der Waals surface area contributed by atoms with Gasteiger partial charge < -0.3 is 20.1 Å². The fourth-order valence-electron chi connectivity index (χ4n) is 2.60. The number of aliphatic imine (C=N–C) groups is 1. The van der Waals surface area contributed by atoms with Gasteiger partial charge in [-0.1, -0.05) is 25.1 Å². The predicted molar refractivity (Wildman–Crippen MR) is 127 cm³/mol. The molecule has 0 heterocycles. The first-order valence-electron chi connectivity index (χ1n) is 10.6. The summed E-state index contributed by atoms with van der Waals surface area (Å²) in [6.45, 7) is 6.98. The number of rotatable bonds is 12. The maximum atomic E-state index is 11.8. The van der Waals surface area contributed by atoms with Crippen molar-refractivity contribution in [1.82, 2.24) is 5.32 Å². The molecule has 0 spiro atoms. The van der Waals surface area contributed by atoms with Crippen molar-refractivity contribution in [3.05, 3.63) is 54.6 Å². The molecule has 2 rings (SSSR count). The number of benzene rings is 2. The molecule has 0 saturated carbocycles. The van der Waals surface area contributed by atoms with Gasteiger partial charge in [0.25, 0.3) is 0 Å². The smallest absolute Gasteiger partial charge is 0.195 e. The minimum atomic E-state index is -3.05. The zero-order valence-corrected chi connectivity index (χ0v) is 19.3. The van der Waals surface area contributed by atoms with Gasteiger partial charge in [0.2, 0.25) is 0 Å². The molecule has 170 valence electrons. The van der Waals surface area contributed by atoms with Crippen LogP contribution in [0.1, 0.15) is 27.2 Å². The number of nitrogens with zero attached hydrogens (tertiary/aromatic N) is 1. The molecule has 8 heteroatoms. The van der Waals surface area contributed by atoms with Gasteiger partial charge in [-0.25, -0.2) is 8.42 Å². The molecule has 2 N–H and O–H groups in total. The van der Waals surface area contributed by atoms with Crippen LogP contribution in [0.25, 0.3) is 0 Å².